The van der Waals surface area contributed by atoms with E-state index in [0.717, 1.165) is 76.2 Å². The van der Waals surface area contributed by atoms with Gasteiger partial charge in [0.15, 0.2) is 0 Å². The molecule has 236 valence electrons. The van der Waals surface area contributed by atoms with Gasteiger partial charge in [-0.15, -0.1) is 0 Å². The molecular formula is C36H52NO5P. The molecule has 0 bridgehead atoms. The molecule has 6 nitrogen and oxygen atoms in total. The van der Waals surface area contributed by atoms with Gasteiger partial charge in [0.05, 0.1) is 33.9 Å². The van der Waals surface area contributed by atoms with E-state index >= 15 is 0 Å². The van der Waals surface area contributed by atoms with Gasteiger partial charge in [-0.05, 0) is 60.8 Å². The maximum absolute atomic E-state index is 11.9. The molecule has 0 spiro atoms. The molecule has 7 heteroatoms. The van der Waals surface area contributed by atoms with Crippen molar-refractivity contribution in [2.45, 2.75) is 76.7 Å². The highest BCUT2D eigenvalue weighted by atomic mass is 31.2. The van der Waals surface area contributed by atoms with Crippen molar-refractivity contribution in [3.8, 4) is 0 Å². The van der Waals surface area contributed by atoms with E-state index in [1.165, 1.54) is 22.3 Å². The van der Waals surface area contributed by atoms with E-state index in [9.17, 15) is 14.6 Å². The SMILES string of the molecule is C=C(c1ccccc1)C12CCC(O)C1CC(CCCCCCCCCOP(=O)([O-])OCC[N+](C)(C)C)=C2c1ccccc1. The molecule has 4 rings (SSSR count). The van der Waals surface area contributed by atoms with Crippen LogP contribution in [0.4, 0.5) is 0 Å². The summed E-state index contributed by atoms with van der Waals surface area (Å²) in [5.74, 6) is 0.181. The molecule has 0 amide bonds. The highest BCUT2D eigenvalue weighted by Gasteiger charge is 2.56. The fourth-order valence-corrected chi connectivity index (χ4v) is 7.81. The second-order valence-corrected chi connectivity index (χ2v) is 14.8. The molecular weight excluding hydrogens is 557 g/mol. The molecule has 2 aromatic carbocycles. The van der Waals surface area contributed by atoms with Gasteiger partial charge in [0, 0.05) is 11.3 Å². The van der Waals surface area contributed by atoms with Crippen LogP contribution in [0.15, 0.2) is 72.8 Å². The Hall–Kier alpha value is -2.05. The highest BCUT2D eigenvalue weighted by molar-refractivity contribution is 7.45. The summed E-state index contributed by atoms with van der Waals surface area (Å²) in [6.45, 7) is 5.60. The second-order valence-electron chi connectivity index (χ2n) is 13.4. The molecule has 0 aromatic heterocycles. The molecule has 43 heavy (non-hydrogen) atoms. The predicted molar refractivity (Wildman–Crippen MR) is 174 cm³/mol. The van der Waals surface area contributed by atoms with Gasteiger partial charge in [0.25, 0.3) is 7.82 Å². The average molecular weight is 610 g/mol. The van der Waals surface area contributed by atoms with Crippen LogP contribution in [0.2, 0.25) is 0 Å². The number of fused-ring (bicyclic) bond motifs is 1. The van der Waals surface area contributed by atoms with E-state index in [4.69, 9.17) is 9.05 Å². The Morgan fingerprint density at radius 1 is 0.930 bits per heavy atom. The molecule has 2 aliphatic carbocycles. The van der Waals surface area contributed by atoms with Gasteiger partial charge in [-0.25, -0.2) is 0 Å². The Kier molecular flexibility index (Phi) is 12.0. The normalized spacial score (nSPS) is 23.4. The maximum Gasteiger partial charge on any atom is 0.268 e. The number of unbranched alkanes of at least 4 members (excludes halogenated alkanes) is 6. The molecule has 0 aliphatic heterocycles. The standard InChI is InChI=1S/C36H52NO5P/c1-29(30-18-13-10-14-19-30)36-24-23-34(38)33(36)28-32(35(36)31-20-15-11-16-21-31)22-12-8-6-5-7-9-17-26-41-43(39,40)42-27-25-37(2,3)4/h10-11,13-16,18-21,33-34,38H,1,5-9,12,17,22-28H2,2-4H3. The van der Waals surface area contributed by atoms with Crippen LogP contribution >= 0.6 is 7.82 Å². The number of quaternary nitrogens is 1. The van der Waals surface area contributed by atoms with Crippen molar-refractivity contribution in [2.75, 3.05) is 40.9 Å². The van der Waals surface area contributed by atoms with Crippen LogP contribution in [0.1, 0.15) is 81.8 Å². The zero-order valence-electron chi connectivity index (χ0n) is 26.5. The summed E-state index contributed by atoms with van der Waals surface area (Å²) in [4.78, 5) is 11.9. The zero-order valence-corrected chi connectivity index (χ0v) is 27.4. The lowest BCUT2D eigenvalue weighted by Crippen LogP contribution is -2.37. The first kappa shape index (κ1) is 33.8. The summed E-state index contributed by atoms with van der Waals surface area (Å²) >= 11 is 0. The van der Waals surface area contributed by atoms with Crippen LogP contribution in [-0.2, 0) is 13.6 Å². The number of aliphatic hydroxyl groups is 1. The molecule has 2 aliphatic rings. The van der Waals surface area contributed by atoms with Gasteiger partial charge in [-0.1, -0.05) is 105 Å². The number of phosphoric ester groups is 1. The lowest BCUT2D eigenvalue weighted by Gasteiger charge is -2.37. The molecule has 1 saturated carbocycles. The van der Waals surface area contributed by atoms with Crippen molar-refractivity contribution in [1.82, 2.24) is 0 Å². The number of phosphoric acid groups is 1. The lowest BCUT2D eigenvalue weighted by atomic mass is 9.66. The van der Waals surface area contributed by atoms with Crippen molar-refractivity contribution >= 4 is 19.0 Å². The molecule has 2 aromatic rings. The number of rotatable bonds is 18. The smallest absolute Gasteiger partial charge is 0.268 e. The highest BCUT2D eigenvalue weighted by Crippen LogP contribution is 2.66. The molecule has 1 N–H and O–H groups in total. The first-order chi connectivity index (χ1) is 20.5. The van der Waals surface area contributed by atoms with Crippen LogP contribution in [0.3, 0.4) is 0 Å². The van der Waals surface area contributed by atoms with Crippen molar-refractivity contribution in [2.24, 2.45) is 11.3 Å². The van der Waals surface area contributed by atoms with E-state index in [0.29, 0.717) is 11.0 Å². The van der Waals surface area contributed by atoms with Crippen LogP contribution in [0.25, 0.3) is 11.1 Å². The Bertz CT molecular complexity index is 1260. The van der Waals surface area contributed by atoms with Gasteiger partial charge in [-0.3, -0.25) is 4.57 Å². The van der Waals surface area contributed by atoms with Crippen LogP contribution in [-0.4, -0.2) is 56.6 Å². The van der Waals surface area contributed by atoms with Crippen LogP contribution in [0, 0.1) is 11.3 Å². The predicted octanol–water partition coefficient (Wildman–Crippen LogP) is 7.64. The van der Waals surface area contributed by atoms with E-state index in [2.05, 4.69) is 61.2 Å². The number of benzene rings is 2. The number of hydrogen-bond donors (Lipinski definition) is 1. The fourth-order valence-electron chi connectivity index (χ4n) is 7.07. The first-order valence-electron chi connectivity index (χ1n) is 16.1. The molecule has 4 unspecified atom stereocenters. The van der Waals surface area contributed by atoms with Gasteiger partial charge in [-0.2, -0.15) is 0 Å². The fraction of sp³-hybridized carbons (Fsp3) is 0.556. The third kappa shape index (κ3) is 9.00. The molecule has 0 radical (unpaired) electrons. The minimum Gasteiger partial charge on any atom is -0.756 e. The van der Waals surface area contributed by atoms with E-state index in [-0.39, 0.29) is 30.7 Å². The monoisotopic (exact) mass is 609 g/mol. The lowest BCUT2D eigenvalue weighted by molar-refractivity contribution is -0.870. The number of nitrogens with zero attached hydrogens (tertiary/aromatic N) is 1. The zero-order chi connectivity index (χ0) is 30.9. The molecule has 0 saturated heterocycles. The number of likely N-dealkylation sites (N-methyl/N-ethyl adjacent to an activating group) is 1. The Labute approximate surface area is 259 Å². The van der Waals surface area contributed by atoms with Gasteiger partial charge in [0.1, 0.15) is 13.2 Å². The van der Waals surface area contributed by atoms with Crippen LogP contribution in [0.5, 0.6) is 0 Å². The summed E-state index contributed by atoms with van der Waals surface area (Å²) in [7, 11) is 1.76. The summed E-state index contributed by atoms with van der Waals surface area (Å²) in [6, 6.07) is 21.3. The summed E-state index contributed by atoms with van der Waals surface area (Å²) in [6.07, 6.45) is 10.8. The largest absolute Gasteiger partial charge is 0.756 e. The van der Waals surface area contributed by atoms with Crippen molar-refractivity contribution in [3.05, 3.63) is 83.9 Å². The van der Waals surface area contributed by atoms with Gasteiger partial charge in [0.2, 0.25) is 0 Å². The maximum atomic E-state index is 11.9. The molecule has 4 atom stereocenters. The first-order valence-corrected chi connectivity index (χ1v) is 17.6. The van der Waals surface area contributed by atoms with Crippen molar-refractivity contribution in [1.29, 1.82) is 0 Å². The third-order valence-electron chi connectivity index (χ3n) is 9.30. The van der Waals surface area contributed by atoms with E-state index in [1.807, 2.05) is 27.2 Å². The Balaban J connectivity index is 1.26. The van der Waals surface area contributed by atoms with Crippen LogP contribution < -0.4 is 4.89 Å². The quantitative estimate of drug-likeness (QED) is 0.107. The summed E-state index contributed by atoms with van der Waals surface area (Å²) in [5.41, 5.74) is 6.29. The topological polar surface area (TPSA) is 78.8 Å². The van der Waals surface area contributed by atoms with Gasteiger partial charge >= 0.3 is 0 Å². The average Bonchev–Trinajstić information content (AvgIpc) is 3.48. The summed E-state index contributed by atoms with van der Waals surface area (Å²) in [5, 5.41) is 11.2. The molecule has 1 fully saturated rings. The van der Waals surface area contributed by atoms with Crippen molar-refractivity contribution in [3.63, 3.8) is 0 Å². The van der Waals surface area contributed by atoms with Gasteiger partial charge < -0.3 is 23.5 Å². The molecule has 0 heterocycles. The summed E-state index contributed by atoms with van der Waals surface area (Å²) < 4.78 is 22.5. The minimum absolute atomic E-state index is 0.137. The third-order valence-corrected chi connectivity index (χ3v) is 10.3. The minimum atomic E-state index is -4.21. The number of allylic oxidation sites excluding steroid dienone is 3. The Morgan fingerprint density at radius 2 is 1.51 bits per heavy atom. The Morgan fingerprint density at radius 3 is 2.16 bits per heavy atom. The van der Waals surface area contributed by atoms with E-state index in [1.54, 1.807) is 0 Å². The number of hydrogen-bond acceptors (Lipinski definition) is 5. The second kappa shape index (κ2) is 15.3. The van der Waals surface area contributed by atoms with Crippen molar-refractivity contribution < 1.29 is 28.1 Å². The van der Waals surface area contributed by atoms with E-state index < -0.39 is 7.82 Å². The number of aliphatic hydroxyl groups excluding tert-OH is 1.